The molecule has 0 saturated heterocycles. The SMILES string of the molecule is C1=NC2CC(C2)O1. The molecular weight excluding hydrogens is 90.1 g/mol. The molecule has 3 rings (SSSR count). The summed E-state index contributed by atoms with van der Waals surface area (Å²) in [5.41, 5.74) is 0. The molecule has 0 amide bonds. The first kappa shape index (κ1) is 3.47. The highest BCUT2D eigenvalue weighted by Gasteiger charge is 2.32. The van der Waals surface area contributed by atoms with Crippen molar-refractivity contribution >= 4 is 6.40 Å². The predicted octanol–water partition coefficient (Wildman–Crippen LogP) is 0.576. The van der Waals surface area contributed by atoms with Crippen molar-refractivity contribution in [2.45, 2.75) is 25.0 Å². The minimum atomic E-state index is 0.530. The number of rotatable bonds is 0. The van der Waals surface area contributed by atoms with Gasteiger partial charge in [-0.15, -0.1) is 0 Å². The molecule has 1 saturated carbocycles. The number of ether oxygens (including phenoxy) is 1. The van der Waals surface area contributed by atoms with E-state index in [-0.39, 0.29) is 0 Å². The molecule has 0 aromatic rings. The van der Waals surface area contributed by atoms with Crippen molar-refractivity contribution in [2.75, 3.05) is 0 Å². The Morgan fingerprint density at radius 2 is 2.43 bits per heavy atom. The van der Waals surface area contributed by atoms with Gasteiger partial charge in [-0.2, -0.15) is 0 Å². The summed E-state index contributed by atoms with van der Waals surface area (Å²) in [7, 11) is 0. The number of hydrogen-bond acceptors (Lipinski definition) is 2. The molecule has 0 radical (unpaired) electrons. The van der Waals surface area contributed by atoms with Crippen LogP contribution in [-0.4, -0.2) is 18.5 Å². The fourth-order valence-corrected chi connectivity index (χ4v) is 0.978. The summed E-state index contributed by atoms with van der Waals surface area (Å²) in [6.45, 7) is 0. The lowest BCUT2D eigenvalue weighted by molar-refractivity contribution is 0.0737. The van der Waals surface area contributed by atoms with E-state index in [1.54, 1.807) is 6.40 Å². The van der Waals surface area contributed by atoms with Gasteiger partial charge in [0.1, 0.15) is 6.10 Å². The third-order valence-electron chi connectivity index (χ3n) is 1.59. The largest absolute Gasteiger partial charge is 0.480 e. The first-order chi connectivity index (χ1) is 3.45. The average Bonchev–Trinajstić information content (AvgIpc) is 1.67. The molecule has 3 aliphatic rings. The lowest BCUT2D eigenvalue weighted by atomic mass is 9.89. The van der Waals surface area contributed by atoms with Crippen LogP contribution in [0.2, 0.25) is 0 Å². The van der Waals surface area contributed by atoms with Gasteiger partial charge in [0.15, 0.2) is 6.40 Å². The van der Waals surface area contributed by atoms with Crippen LogP contribution in [0.25, 0.3) is 0 Å². The van der Waals surface area contributed by atoms with E-state index in [9.17, 15) is 0 Å². The molecule has 1 fully saturated rings. The highest BCUT2D eigenvalue weighted by molar-refractivity contribution is 5.49. The Labute approximate surface area is 42.2 Å². The second-order valence-corrected chi connectivity index (χ2v) is 2.14. The van der Waals surface area contributed by atoms with E-state index in [0.717, 1.165) is 12.8 Å². The van der Waals surface area contributed by atoms with Crippen LogP contribution in [-0.2, 0) is 4.74 Å². The molecule has 2 bridgehead atoms. The number of nitrogens with zero attached hydrogens (tertiary/aromatic N) is 1. The van der Waals surface area contributed by atoms with Gasteiger partial charge < -0.3 is 4.74 Å². The molecule has 2 heteroatoms. The van der Waals surface area contributed by atoms with Gasteiger partial charge in [-0.1, -0.05) is 0 Å². The molecule has 7 heavy (non-hydrogen) atoms. The summed E-state index contributed by atoms with van der Waals surface area (Å²) in [6, 6.07) is 0.624. The number of fused-ring (bicyclic) bond motifs is 1. The Bertz CT molecular complexity index is 105. The third kappa shape index (κ3) is 0.363. The van der Waals surface area contributed by atoms with Crippen LogP contribution >= 0.6 is 0 Å². The summed E-state index contributed by atoms with van der Waals surface area (Å²) >= 11 is 0. The average molecular weight is 97.1 g/mol. The second-order valence-electron chi connectivity index (χ2n) is 2.14. The lowest BCUT2D eigenvalue weighted by Crippen LogP contribution is -2.38. The van der Waals surface area contributed by atoms with Gasteiger partial charge in [-0.05, 0) is 0 Å². The van der Waals surface area contributed by atoms with E-state index in [0.29, 0.717) is 12.1 Å². The lowest BCUT2D eigenvalue weighted by Gasteiger charge is -2.34. The van der Waals surface area contributed by atoms with Crippen LogP contribution < -0.4 is 0 Å². The maximum Gasteiger partial charge on any atom is 0.170 e. The van der Waals surface area contributed by atoms with Crippen molar-refractivity contribution in [3.8, 4) is 0 Å². The molecule has 2 aliphatic heterocycles. The Morgan fingerprint density at radius 1 is 1.57 bits per heavy atom. The van der Waals surface area contributed by atoms with Gasteiger partial charge in [0.25, 0.3) is 0 Å². The van der Waals surface area contributed by atoms with Gasteiger partial charge in [0.2, 0.25) is 0 Å². The number of aliphatic imine (C=N–C) groups is 1. The molecule has 0 atom stereocenters. The van der Waals surface area contributed by atoms with Crippen molar-refractivity contribution in [2.24, 2.45) is 4.99 Å². The fourth-order valence-electron chi connectivity index (χ4n) is 0.978. The van der Waals surface area contributed by atoms with Gasteiger partial charge >= 0.3 is 0 Å². The molecule has 0 spiro atoms. The standard InChI is InChI=1S/C5H7NO/c1-4-2-5(1)7-3-6-4/h3-5H,1-2H2. The van der Waals surface area contributed by atoms with Crippen LogP contribution in [0.4, 0.5) is 0 Å². The predicted molar refractivity (Wildman–Crippen MR) is 26.4 cm³/mol. The number of hydrogen-bond donors (Lipinski definition) is 0. The quantitative estimate of drug-likeness (QED) is 0.433. The molecule has 0 aromatic heterocycles. The summed E-state index contributed by atoms with van der Waals surface area (Å²) in [4.78, 5) is 4.05. The van der Waals surface area contributed by atoms with Gasteiger partial charge in [0.05, 0.1) is 6.04 Å². The minimum Gasteiger partial charge on any atom is -0.480 e. The van der Waals surface area contributed by atoms with Crippen LogP contribution in [0, 0.1) is 0 Å². The van der Waals surface area contributed by atoms with Crippen molar-refractivity contribution in [3.63, 3.8) is 0 Å². The summed E-state index contributed by atoms with van der Waals surface area (Å²) in [6.07, 6.45) is 4.44. The monoisotopic (exact) mass is 97.1 g/mol. The molecule has 38 valence electrons. The smallest absolute Gasteiger partial charge is 0.170 e. The molecule has 0 aromatic carbocycles. The first-order valence-electron chi connectivity index (χ1n) is 2.62. The van der Waals surface area contributed by atoms with Crippen molar-refractivity contribution in [1.82, 2.24) is 0 Å². The first-order valence-corrected chi connectivity index (χ1v) is 2.62. The van der Waals surface area contributed by atoms with Crippen molar-refractivity contribution < 1.29 is 4.74 Å². The zero-order chi connectivity index (χ0) is 4.69. The van der Waals surface area contributed by atoms with E-state index in [1.165, 1.54) is 0 Å². The zero-order valence-corrected chi connectivity index (χ0v) is 4.00. The third-order valence-corrected chi connectivity index (χ3v) is 1.59. The molecular formula is C5H7NO. The Kier molecular flexibility index (Phi) is 0.494. The molecule has 2 nitrogen and oxygen atoms in total. The summed E-state index contributed by atoms with van der Waals surface area (Å²) in [5, 5.41) is 0. The van der Waals surface area contributed by atoms with Crippen molar-refractivity contribution in [3.05, 3.63) is 0 Å². The van der Waals surface area contributed by atoms with Gasteiger partial charge in [0, 0.05) is 12.8 Å². The van der Waals surface area contributed by atoms with Crippen LogP contribution in [0.15, 0.2) is 4.99 Å². The Hall–Kier alpha value is -0.530. The van der Waals surface area contributed by atoms with E-state index < -0.39 is 0 Å². The van der Waals surface area contributed by atoms with E-state index in [1.807, 2.05) is 0 Å². The van der Waals surface area contributed by atoms with Crippen LogP contribution in [0.5, 0.6) is 0 Å². The van der Waals surface area contributed by atoms with E-state index in [2.05, 4.69) is 4.99 Å². The topological polar surface area (TPSA) is 21.6 Å². The molecule has 2 heterocycles. The summed E-state index contributed by atoms with van der Waals surface area (Å²) < 4.78 is 5.05. The highest BCUT2D eigenvalue weighted by atomic mass is 16.5. The van der Waals surface area contributed by atoms with Gasteiger partial charge in [-0.3, -0.25) is 4.99 Å². The highest BCUT2D eigenvalue weighted by Crippen LogP contribution is 2.28. The van der Waals surface area contributed by atoms with E-state index >= 15 is 0 Å². The van der Waals surface area contributed by atoms with Crippen LogP contribution in [0.1, 0.15) is 12.8 Å². The summed E-state index contributed by atoms with van der Waals surface area (Å²) in [5.74, 6) is 0. The molecule has 0 N–H and O–H groups in total. The zero-order valence-electron chi connectivity index (χ0n) is 4.00. The Balaban J connectivity index is 2.18. The van der Waals surface area contributed by atoms with E-state index in [4.69, 9.17) is 4.74 Å². The maximum absolute atomic E-state index is 5.05. The van der Waals surface area contributed by atoms with Gasteiger partial charge in [-0.25, -0.2) is 0 Å². The normalized spacial score (nSPS) is 44.6. The second kappa shape index (κ2) is 0.997. The minimum absolute atomic E-state index is 0.530. The fraction of sp³-hybridized carbons (Fsp3) is 0.800. The molecule has 0 unspecified atom stereocenters. The van der Waals surface area contributed by atoms with Crippen molar-refractivity contribution in [1.29, 1.82) is 0 Å². The Morgan fingerprint density at radius 3 is 2.57 bits per heavy atom. The van der Waals surface area contributed by atoms with Crippen LogP contribution in [0.3, 0.4) is 0 Å². The maximum atomic E-state index is 5.05. The molecule has 1 aliphatic carbocycles.